The number of ether oxygens (including phenoxy) is 1. The third-order valence-corrected chi connectivity index (χ3v) is 3.00. The molecular formula is C8H11N4O5P. The van der Waals surface area contributed by atoms with Crippen molar-refractivity contribution in [3.63, 3.8) is 0 Å². The molecule has 0 aliphatic carbocycles. The van der Waals surface area contributed by atoms with Crippen molar-refractivity contribution in [2.45, 2.75) is 5.85 Å². The van der Waals surface area contributed by atoms with Gasteiger partial charge in [0, 0.05) is 12.1 Å². The first-order valence-electron chi connectivity index (χ1n) is 4.59. The van der Waals surface area contributed by atoms with E-state index in [4.69, 9.17) is 21.5 Å². The predicted molar refractivity (Wildman–Crippen MR) is 62.7 cm³/mol. The molecule has 18 heavy (non-hydrogen) atoms. The molecule has 1 aromatic rings. The van der Waals surface area contributed by atoms with Crippen molar-refractivity contribution in [3.05, 3.63) is 34.4 Å². The molecule has 0 saturated carbocycles. The number of nitrogens with two attached hydrogens (primary N) is 3. The first-order chi connectivity index (χ1) is 8.21. The lowest BCUT2D eigenvalue weighted by Crippen LogP contribution is -2.38. The van der Waals surface area contributed by atoms with E-state index in [1.807, 2.05) is 0 Å². The van der Waals surface area contributed by atoms with Gasteiger partial charge in [0.2, 0.25) is 0 Å². The number of carbonyl (C=O) groups is 1. The number of primary amides is 1. The SMILES string of the molecule is NC(=O)C(Oc1ccc([N+](=O)[O-])cc1)P(N)(N)=O. The van der Waals surface area contributed by atoms with E-state index in [1.165, 1.54) is 12.1 Å². The molecule has 1 unspecified atom stereocenters. The maximum absolute atomic E-state index is 11.4. The van der Waals surface area contributed by atoms with Crippen LogP contribution in [-0.4, -0.2) is 16.7 Å². The van der Waals surface area contributed by atoms with Crippen LogP contribution in [0.15, 0.2) is 24.3 Å². The van der Waals surface area contributed by atoms with Gasteiger partial charge in [0.1, 0.15) is 5.75 Å². The highest BCUT2D eigenvalue weighted by Gasteiger charge is 2.32. The van der Waals surface area contributed by atoms with Crippen molar-refractivity contribution in [1.29, 1.82) is 0 Å². The Hall–Kier alpha value is -1.96. The van der Waals surface area contributed by atoms with Gasteiger partial charge in [0.05, 0.1) is 4.92 Å². The quantitative estimate of drug-likeness (QED) is 0.383. The number of amides is 1. The molecule has 0 bridgehead atoms. The van der Waals surface area contributed by atoms with Crippen molar-refractivity contribution in [1.82, 2.24) is 0 Å². The Morgan fingerprint density at radius 3 is 2.17 bits per heavy atom. The Morgan fingerprint density at radius 1 is 1.33 bits per heavy atom. The Bertz CT molecular complexity index is 511. The summed E-state index contributed by atoms with van der Waals surface area (Å²) in [6, 6.07) is 4.71. The molecule has 10 heteroatoms. The summed E-state index contributed by atoms with van der Waals surface area (Å²) in [6.45, 7) is 0. The molecule has 0 aromatic heterocycles. The first-order valence-corrected chi connectivity index (χ1v) is 6.50. The van der Waals surface area contributed by atoms with Gasteiger partial charge in [-0.2, -0.15) is 0 Å². The van der Waals surface area contributed by atoms with Crippen LogP contribution < -0.4 is 21.5 Å². The van der Waals surface area contributed by atoms with E-state index >= 15 is 0 Å². The highest BCUT2D eigenvalue weighted by atomic mass is 31.2. The second-order valence-corrected chi connectivity index (χ2v) is 5.38. The zero-order valence-electron chi connectivity index (χ0n) is 9.05. The van der Waals surface area contributed by atoms with Gasteiger partial charge in [0.15, 0.2) is 0 Å². The number of nitro benzene ring substituents is 1. The van der Waals surface area contributed by atoms with Gasteiger partial charge < -0.3 is 10.5 Å². The molecule has 6 N–H and O–H groups in total. The molecular weight excluding hydrogens is 263 g/mol. The maximum atomic E-state index is 11.4. The van der Waals surface area contributed by atoms with Crippen molar-refractivity contribution < 1.29 is 19.0 Å². The second kappa shape index (κ2) is 5.13. The van der Waals surface area contributed by atoms with Gasteiger partial charge >= 0.3 is 0 Å². The fourth-order valence-corrected chi connectivity index (χ4v) is 1.80. The largest absolute Gasteiger partial charge is 0.470 e. The summed E-state index contributed by atoms with van der Waals surface area (Å²) in [4.78, 5) is 20.8. The number of carbonyl (C=O) groups excluding carboxylic acids is 1. The van der Waals surface area contributed by atoms with E-state index in [0.717, 1.165) is 12.1 Å². The summed E-state index contributed by atoms with van der Waals surface area (Å²) in [7, 11) is -3.86. The molecule has 0 spiro atoms. The number of rotatable bonds is 5. The zero-order chi connectivity index (χ0) is 13.9. The molecule has 1 atom stereocenters. The Kier molecular flexibility index (Phi) is 4.02. The van der Waals surface area contributed by atoms with Crippen LogP contribution in [0.1, 0.15) is 0 Å². The van der Waals surface area contributed by atoms with E-state index in [1.54, 1.807) is 0 Å². The predicted octanol–water partition coefficient (Wildman–Crippen LogP) is -0.104. The number of nitro groups is 1. The lowest BCUT2D eigenvalue weighted by molar-refractivity contribution is -0.384. The fraction of sp³-hybridized carbons (Fsp3) is 0.125. The Labute approximate surface area is 102 Å². The summed E-state index contributed by atoms with van der Waals surface area (Å²) in [6.07, 6.45) is 0. The molecule has 1 aromatic carbocycles. The molecule has 98 valence electrons. The summed E-state index contributed by atoms with van der Waals surface area (Å²) in [5, 5.41) is 10.4. The third kappa shape index (κ3) is 3.52. The van der Waals surface area contributed by atoms with Crippen LogP contribution in [0.5, 0.6) is 5.75 Å². The van der Waals surface area contributed by atoms with E-state index in [9.17, 15) is 19.5 Å². The molecule has 0 radical (unpaired) electrons. The van der Waals surface area contributed by atoms with E-state index < -0.39 is 24.1 Å². The van der Waals surface area contributed by atoms with Crippen molar-refractivity contribution in [3.8, 4) is 5.75 Å². The Balaban J connectivity index is 2.92. The van der Waals surface area contributed by atoms with Crippen LogP contribution in [0.25, 0.3) is 0 Å². The van der Waals surface area contributed by atoms with E-state index in [-0.39, 0.29) is 11.4 Å². The average molecular weight is 274 g/mol. The molecule has 0 fully saturated rings. The van der Waals surface area contributed by atoms with Crippen molar-refractivity contribution >= 4 is 19.0 Å². The topological polar surface area (TPSA) is 165 Å². The Morgan fingerprint density at radius 2 is 1.83 bits per heavy atom. The van der Waals surface area contributed by atoms with Crippen LogP contribution in [-0.2, 0) is 9.36 Å². The molecule has 0 aliphatic heterocycles. The zero-order valence-corrected chi connectivity index (χ0v) is 9.95. The van der Waals surface area contributed by atoms with Crippen LogP contribution in [0.2, 0.25) is 0 Å². The minimum Gasteiger partial charge on any atom is -0.470 e. The van der Waals surface area contributed by atoms with Gasteiger partial charge in [-0.05, 0) is 12.1 Å². The maximum Gasteiger partial charge on any atom is 0.269 e. The van der Waals surface area contributed by atoms with Gasteiger partial charge in [-0.3, -0.25) is 30.5 Å². The molecule has 0 heterocycles. The normalized spacial score (nSPS) is 12.8. The fourth-order valence-electron chi connectivity index (χ4n) is 1.11. The monoisotopic (exact) mass is 274 g/mol. The average Bonchev–Trinajstić information content (AvgIpc) is 2.24. The smallest absolute Gasteiger partial charge is 0.269 e. The standard InChI is InChI=1S/C8H11N4O5P/c9-7(13)8(18(10,11)16)17-6-3-1-5(2-4-6)12(14)15/h1-4,8H,(H2,9,13)(H4,10,11,16). The lowest BCUT2D eigenvalue weighted by atomic mass is 10.3. The van der Waals surface area contributed by atoms with E-state index in [0.29, 0.717) is 0 Å². The third-order valence-electron chi connectivity index (χ3n) is 1.91. The van der Waals surface area contributed by atoms with Crippen molar-refractivity contribution in [2.24, 2.45) is 16.7 Å². The molecule has 0 aliphatic rings. The summed E-state index contributed by atoms with van der Waals surface area (Å²) in [5.74, 6) is -2.72. The lowest BCUT2D eigenvalue weighted by Gasteiger charge is -2.18. The first kappa shape index (κ1) is 14.1. The second-order valence-electron chi connectivity index (χ2n) is 3.39. The highest BCUT2D eigenvalue weighted by Crippen LogP contribution is 2.34. The number of hydrogen-bond acceptors (Lipinski definition) is 5. The van der Waals surface area contributed by atoms with Crippen molar-refractivity contribution in [2.75, 3.05) is 0 Å². The number of nitrogens with zero attached hydrogens (tertiary/aromatic N) is 1. The van der Waals surface area contributed by atoms with Crippen LogP contribution in [0, 0.1) is 10.1 Å². The van der Waals surface area contributed by atoms with Gasteiger partial charge in [0.25, 0.3) is 24.9 Å². The minimum atomic E-state index is -3.86. The van der Waals surface area contributed by atoms with Gasteiger partial charge in [-0.15, -0.1) is 0 Å². The summed E-state index contributed by atoms with van der Waals surface area (Å²) in [5.41, 5.74) is 15.0. The van der Waals surface area contributed by atoms with Gasteiger partial charge in [-0.1, -0.05) is 0 Å². The van der Waals surface area contributed by atoms with Crippen LogP contribution >= 0.6 is 7.44 Å². The van der Waals surface area contributed by atoms with Crippen LogP contribution in [0.3, 0.4) is 0 Å². The number of hydrogen-bond donors (Lipinski definition) is 3. The molecule has 1 amide bonds. The summed E-state index contributed by atoms with van der Waals surface area (Å²) >= 11 is 0. The molecule has 0 saturated heterocycles. The highest BCUT2D eigenvalue weighted by molar-refractivity contribution is 7.60. The molecule has 9 nitrogen and oxygen atoms in total. The summed E-state index contributed by atoms with van der Waals surface area (Å²) < 4.78 is 16.3. The van der Waals surface area contributed by atoms with Crippen LogP contribution in [0.4, 0.5) is 5.69 Å². The number of non-ortho nitro benzene ring substituents is 1. The molecule has 1 rings (SSSR count). The number of benzene rings is 1. The minimum absolute atomic E-state index is 0.0422. The van der Waals surface area contributed by atoms with E-state index in [2.05, 4.69) is 0 Å². The van der Waals surface area contributed by atoms with Gasteiger partial charge in [-0.25, -0.2) is 0 Å².